The zero-order valence-corrected chi connectivity index (χ0v) is 15.9. The zero-order chi connectivity index (χ0) is 19.6. The molecule has 0 bridgehead atoms. The first-order valence-electron chi connectivity index (χ1n) is 8.08. The second kappa shape index (κ2) is 10.3. The number of carboxylic acids is 1. The second-order valence-corrected chi connectivity index (χ2v) is 6.22. The molecule has 0 spiro atoms. The van der Waals surface area contributed by atoms with Crippen molar-refractivity contribution in [2.45, 2.75) is 6.42 Å². The number of carbonyl (C=O) groups excluding carboxylic acids is 1. The van der Waals surface area contributed by atoms with Crippen LogP contribution in [-0.4, -0.2) is 46.7 Å². The lowest BCUT2D eigenvalue weighted by molar-refractivity contribution is -0.135. The lowest BCUT2D eigenvalue weighted by Crippen LogP contribution is -2.33. The van der Waals surface area contributed by atoms with Crippen LogP contribution >= 0.6 is 15.9 Å². The van der Waals surface area contributed by atoms with Gasteiger partial charge in [-0.15, -0.1) is 0 Å². The van der Waals surface area contributed by atoms with Gasteiger partial charge in [-0.3, -0.25) is 4.79 Å². The summed E-state index contributed by atoms with van der Waals surface area (Å²) in [7, 11) is 0. The molecular formula is C16H20BrN7O3. The fourth-order valence-corrected chi connectivity index (χ4v) is 2.33. The van der Waals surface area contributed by atoms with Crippen LogP contribution in [0.2, 0.25) is 0 Å². The molecule has 2 amide bonds. The van der Waals surface area contributed by atoms with E-state index in [0.29, 0.717) is 36.2 Å². The first-order valence-corrected chi connectivity index (χ1v) is 8.87. The Kier molecular flexibility index (Phi) is 7.77. The molecule has 7 N–H and O–H groups in total. The van der Waals surface area contributed by atoms with Crippen LogP contribution in [0.25, 0.3) is 0 Å². The highest BCUT2D eigenvalue weighted by molar-refractivity contribution is 9.10. The summed E-state index contributed by atoms with van der Waals surface area (Å²) in [6.07, 6.45) is 2.44. The predicted octanol–water partition coefficient (Wildman–Crippen LogP) is 1.95. The van der Waals surface area contributed by atoms with E-state index in [0.717, 1.165) is 10.9 Å². The van der Waals surface area contributed by atoms with Crippen molar-refractivity contribution >= 4 is 51.1 Å². The quantitative estimate of drug-likeness (QED) is 0.325. The summed E-state index contributed by atoms with van der Waals surface area (Å²) in [5, 5.41) is 19.6. The number of aliphatic carboxylic acids is 1. The van der Waals surface area contributed by atoms with Crippen LogP contribution in [0.3, 0.4) is 0 Å². The molecule has 2 aromatic rings. The fourth-order valence-electron chi connectivity index (χ4n) is 2.00. The van der Waals surface area contributed by atoms with Crippen molar-refractivity contribution in [2.24, 2.45) is 5.73 Å². The summed E-state index contributed by atoms with van der Waals surface area (Å²) >= 11 is 3.39. The van der Waals surface area contributed by atoms with Gasteiger partial charge in [-0.2, -0.15) is 4.98 Å². The van der Waals surface area contributed by atoms with Gasteiger partial charge >= 0.3 is 12.0 Å². The number of nitrogens with one attached hydrogen (secondary N) is 4. The summed E-state index contributed by atoms with van der Waals surface area (Å²) in [5.41, 5.74) is 6.63. The monoisotopic (exact) mass is 437 g/mol. The summed E-state index contributed by atoms with van der Waals surface area (Å²) in [4.78, 5) is 30.7. The van der Waals surface area contributed by atoms with E-state index in [-0.39, 0.29) is 0 Å². The van der Waals surface area contributed by atoms with Gasteiger partial charge in [0.25, 0.3) is 0 Å². The van der Waals surface area contributed by atoms with Crippen LogP contribution in [0.5, 0.6) is 0 Å². The summed E-state index contributed by atoms with van der Waals surface area (Å²) < 4.78 is 0.732. The Balaban J connectivity index is 2.02. The second-order valence-electron chi connectivity index (χ2n) is 5.37. The average Bonchev–Trinajstić information content (AvgIpc) is 2.63. The Labute approximate surface area is 164 Å². The van der Waals surface area contributed by atoms with Gasteiger partial charge in [0.15, 0.2) is 0 Å². The normalized spacial score (nSPS) is 10.1. The molecule has 11 heteroatoms. The molecule has 0 fully saturated rings. The van der Waals surface area contributed by atoms with Crippen molar-refractivity contribution in [3.05, 3.63) is 34.9 Å². The maximum absolute atomic E-state index is 11.6. The van der Waals surface area contributed by atoms with Crippen molar-refractivity contribution < 1.29 is 14.7 Å². The number of amides is 2. The Bertz CT molecular complexity index is 803. The number of nitrogens with two attached hydrogens (primary N) is 1. The molecule has 0 atom stereocenters. The molecule has 2 rings (SSSR count). The Hall–Kier alpha value is -2.92. The van der Waals surface area contributed by atoms with Crippen LogP contribution in [0.15, 0.2) is 34.9 Å². The smallest absolute Gasteiger partial charge is 0.323 e. The number of hydrogen-bond acceptors (Lipinski definition) is 7. The highest BCUT2D eigenvalue weighted by Crippen LogP contribution is 2.23. The zero-order valence-electron chi connectivity index (χ0n) is 14.3. The van der Waals surface area contributed by atoms with Crippen molar-refractivity contribution in [3.63, 3.8) is 0 Å². The SMILES string of the molecule is NCCCNc1nc(Nc2cccc(NC(=O)NCC(=O)O)c2)ncc1Br. The van der Waals surface area contributed by atoms with Gasteiger partial charge in [0.2, 0.25) is 5.95 Å². The molecular weight excluding hydrogens is 418 g/mol. The molecule has 0 radical (unpaired) electrons. The molecule has 0 saturated carbocycles. The number of benzene rings is 1. The van der Waals surface area contributed by atoms with Crippen LogP contribution in [0, 0.1) is 0 Å². The van der Waals surface area contributed by atoms with Crippen molar-refractivity contribution in [1.29, 1.82) is 0 Å². The number of urea groups is 1. The van der Waals surface area contributed by atoms with Gasteiger partial charge in [-0.05, 0) is 47.1 Å². The Morgan fingerprint density at radius 2 is 2.04 bits per heavy atom. The molecule has 1 aromatic carbocycles. The number of carbonyl (C=O) groups is 2. The Morgan fingerprint density at radius 1 is 1.26 bits per heavy atom. The van der Waals surface area contributed by atoms with E-state index in [1.807, 2.05) is 0 Å². The van der Waals surface area contributed by atoms with Crippen LogP contribution < -0.4 is 27.0 Å². The van der Waals surface area contributed by atoms with Crippen LogP contribution in [0.4, 0.5) is 27.9 Å². The number of nitrogens with zero attached hydrogens (tertiary/aromatic N) is 2. The minimum atomic E-state index is -1.12. The number of aromatic nitrogens is 2. The molecule has 0 aliphatic heterocycles. The van der Waals surface area contributed by atoms with Crippen LogP contribution in [-0.2, 0) is 4.79 Å². The van der Waals surface area contributed by atoms with E-state index in [2.05, 4.69) is 47.2 Å². The van der Waals surface area contributed by atoms with Gasteiger partial charge in [0.1, 0.15) is 12.4 Å². The van der Waals surface area contributed by atoms with E-state index in [1.165, 1.54) is 0 Å². The van der Waals surface area contributed by atoms with Gasteiger partial charge in [-0.25, -0.2) is 9.78 Å². The minimum absolute atomic E-state index is 0.376. The topological polar surface area (TPSA) is 154 Å². The lowest BCUT2D eigenvalue weighted by atomic mass is 10.3. The average molecular weight is 438 g/mol. The van der Waals surface area contributed by atoms with Gasteiger partial charge in [0, 0.05) is 24.1 Å². The summed E-state index contributed by atoms with van der Waals surface area (Å²) in [5.74, 6) is -0.104. The number of hydrogen-bond donors (Lipinski definition) is 6. The molecule has 0 aliphatic rings. The van der Waals surface area contributed by atoms with Crippen molar-refractivity contribution in [3.8, 4) is 0 Å². The molecule has 27 heavy (non-hydrogen) atoms. The third kappa shape index (κ3) is 7.07. The highest BCUT2D eigenvalue weighted by Gasteiger charge is 2.07. The largest absolute Gasteiger partial charge is 0.480 e. The van der Waals surface area contributed by atoms with Crippen molar-refractivity contribution in [2.75, 3.05) is 35.6 Å². The van der Waals surface area contributed by atoms with E-state index in [1.54, 1.807) is 30.5 Å². The molecule has 1 aromatic heterocycles. The molecule has 10 nitrogen and oxygen atoms in total. The Morgan fingerprint density at radius 3 is 2.78 bits per heavy atom. The molecule has 144 valence electrons. The van der Waals surface area contributed by atoms with Crippen LogP contribution in [0.1, 0.15) is 6.42 Å². The first-order chi connectivity index (χ1) is 13.0. The number of anilines is 4. The van der Waals surface area contributed by atoms with Gasteiger partial charge in [0.05, 0.1) is 4.47 Å². The van der Waals surface area contributed by atoms with E-state index >= 15 is 0 Å². The number of carboxylic acid groups (broad SMARTS) is 1. The summed E-state index contributed by atoms with van der Waals surface area (Å²) in [6.45, 7) is 0.813. The standard InChI is InChI=1S/C16H20BrN7O3/c17-12-8-20-15(24-14(12)19-6-2-5-18)22-10-3-1-4-11(7-10)23-16(27)21-9-13(25)26/h1,3-4,7-8H,2,5-6,9,18H2,(H,25,26)(H2,21,23,27)(H2,19,20,22,24). The molecule has 1 heterocycles. The van der Waals surface area contributed by atoms with E-state index < -0.39 is 18.5 Å². The van der Waals surface area contributed by atoms with E-state index in [4.69, 9.17) is 10.8 Å². The number of halogens is 1. The third-order valence-electron chi connectivity index (χ3n) is 3.19. The summed E-state index contributed by atoms with van der Waals surface area (Å²) in [6, 6.07) is 6.25. The predicted molar refractivity (Wildman–Crippen MR) is 106 cm³/mol. The lowest BCUT2D eigenvalue weighted by Gasteiger charge is -2.11. The van der Waals surface area contributed by atoms with Gasteiger partial charge in [-0.1, -0.05) is 6.07 Å². The third-order valence-corrected chi connectivity index (χ3v) is 3.77. The highest BCUT2D eigenvalue weighted by atomic mass is 79.9. The van der Waals surface area contributed by atoms with Crippen molar-refractivity contribution in [1.82, 2.24) is 15.3 Å². The minimum Gasteiger partial charge on any atom is -0.480 e. The fraction of sp³-hybridized carbons (Fsp3) is 0.250. The molecule has 0 aliphatic carbocycles. The maximum Gasteiger partial charge on any atom is 0.323 e. The maximum atomic E-state index is 11.6. The first kappa shape index (κ1) is 20.4. The molecule has 0 unspecified atom stereocenters. The van der Waals surface area contributed by atoms with Gasteiger partial charge < -0.3 is 32.1 Å². The molecule has 0 saturated heterocycles. The van der Waals surface area contributed by atoms with E-state index in [9.17, 15) is 9.59 Å². The number of rotatable bonds is 9.